The number of imidazole rings is 1. The summed E-state index contributed by atoms with van der Waals surface area (Å²) in [6, 6.07) is 24.8. The van der Waals surface area contributed by atoms with E-state index in [1.807, 2.05) is 47.7 Å². The van der Waals surface area contributed by atoms with Gasteiger partial charge in [0.15, 0.2) is 5.65 Å². The van der Waals surface area contributed by atoms with Crippen LogP contribution in [0.25, 0.3) is 16.7 Å². The van der Waals surface area contributed by atoms with Crippen LogP contribution < -0.4 is 5.32 Å². The number of hydrogen-bond donors (Lipinski definition) is 1. The number of pyridine rings is 1. The summed E-state index contributed by atoms with van der Waals surface area (Å²) in [6.45, 7) is 4.06. The fourth-order valence-corrected chi connectivity index (χ4v) is 4.20. The van der Waals surface area contributed by atoms with Gasteiger partial charge in [-0.15, -0.1) is 0 Å². The minimum atomic E-state index is -0.287. The van der Waals surface area contributed by atoms with Crippen LogP contribution in [0, 0.1) is 31.0 Å². The van der Waals surface area contributed by atoms with Crippen molar-refractivity contribution in [3.63, 3.8) is 0 Å². The SMILES string of the molecule is Cc1ccccc1Cc1c(C)c(C#N)c2nc3ccccc3n2c1Nc1ccc(F)cc1. The summed E-state index contributed by atoms with van der Waals surface area (Å²) in [6.07, 6.45) is 0.652. The second-order valence-electron chi connectivity index (χ2n) is 7.93. The smallest absolute Gasteiger partial charge is 0.157 e. The number of nitriles is 1. The Morgan fingerprint density at radius 2 is 1.69 bits per heavy atom. The van der Waals surface area contributed by atoms with E-state index < -0.39 is 0 Å². The van der Waals surface area contributed by atoms with Gasteiger partial charge in [0.2, 0.25) is 0 Å². The summed E-state index contributed by atoms with van der Waals surface area (Å²) < 4.78 is 15.5. The van der Waals surface area contributed by atoms with Crippen molar-refractivity contribution in [1.29, 1.82) is 5.26 Å². The Bertz CT molecular complexity index is 1510. The average molecular weight is 420 g/mol. The lowest BCUT2D eigenvalue weighted by Crippen LogP contribution is -2.09. The molecule has 156 valence electrons. The molecule has 5 aromatic rings. The number of benzene rings is 3. The van der Waals surface area contributed by atoms with Crippen molar-refractivity contribution in [3.05, 3.63) is 106 Å². The van der Waals surface area contributed by atoms with Gasteiger partial charge in [0, 0.05) is 17.7 Å². The number of hydrogen-bond acceptors (Lipinski definition) is 3. The van der Waals surface area contributed by atoms with Crippen LogP contribution in [0.1, 0.15) is 27.8 Å². The lowest BCUT2D eigenvalue weighted by molar-refractivity contribution is 0.628. The van der Waals surface area contributed by atoms with Gasteiger partial charge < -0.3 is 5.32 Å². The Hall–Kier alpha value is -4.17. The first-order valence-electron chi connectivity index (χ1n) is 10.5. The Balaban J connectivity index is 1.84. The van der Waals surface area contributed by atoms with Crippen LogP contribution in [0.5, 0.6) is 0 Å². The lowest BCUT2D eigenvalue weighted by atomic mass is 9.95. The number of fused-ring (bicyclic) bond motifs is 3. The van der Waals surface area contributed by atoms with Gasteiger partial charge in [-0.25, -0.2) is 9.37 Å². The molecule has 0 fully saturated rings. The number of aryl methyl sites for hydroxylation is 1. The van der Waals surface area contributed by atoms with Crippen LogP contribution in [0.4, 0.5) is 15.9 Å². The number of halogens is 1. The summed E-state index contributed by atoms with van der Waals surface area (Å²) in [5.41, 5.74) is 7.95. The van der Waals surface area contributed by atoms with Crippen LogP contribution in [-0.4, -0.2) is 9.38 Å². The van der Waals surface area contributed by atoms with Gasteiger partial charge in [0.05, 0.1) is 16.6 Å². The molecule has 2 aromatic heterocycles. The van der Waals surface area contributed by atoms with Crippen molar-refractivity contribution >= 4 is 28.2 Å². The van der Waals surface area contributed by atoms with E-state index in [0.29, 0.717) is 17.6 Å². The molecule has 0 unspecified atom stereocenters. The molecule has 0 aliphatic carbocycles. The molecule has 4 nitrogen and oxygen atoms in total. The first-order chi connectivity index (χ1) is 15.6. The van der Waals surface area contributed by atoms with Crippen LogP contribution >= 0.6 is 0 Å². The molecule has 3 aromatic carbocycles. The van der Waals surface area contributed by atoms with Crippen molar-refractivity contribution < 1.29 is 4.39 Å². The predicted octanol–water partition coefficient (Wildman–Crippen LogP) is 6.45. The van der Waals surface area contributed by atoms with E-state index in [4.69, 9.17) is 4.98 Å². The van der Waals surface area contributed by atoms with E-state index in [0.717, 1.165) is 33.7 Å². The summed E-state index contributed by atoms with van der Waals surface area (Å²) in [7, 11) is 0. The molecule has 0 atom stereocenters. The number of aromatic nitrogens is 2. The Labute approximate surface area is 185 Å². The Morgan fingerprint density at radius 1 is 0.969 bits per heavy atom. The van der Waals surface area contributed by atoms with Gasteiger partial charge in [0.1, 0.15) is 17.7 Å². The van der Waals surface area contributed by atoms with Crippen molar-refractivity contribution in [2.75, 3.05) is 5.32 Å². The molecule has 5 heteroatoms. The first kappa shape index (κ1) is 19.8. The molecule has 0 amide bonds. The quantitative estimate of drug-likeness (QED) is 0.363. The molecule has 32 heavy (non-hydrogen) atoms. The third-order valence-electron chi connectivity index (χ3n) is 5.97. The summed E-state index contributed by atoms with van der Waals surface area (Å²) in [5, 5.41) is 13.5. The molecule has 2 heterocycles. The lowest BCUT2D eigenvalue weighted by Gasteiger charge is -2.20. The monoisotopic (exact) mass is 420 g/mol. The molecule has 0 saturated carbocycles. The fourth-order valence-electron chi connectivity index (χ4n) is 4.20. The highest BCUT2D eigenvalue weighted by Gasteiger charge is 2.21. The molecule has 5 rings (SSSR count). The number of para-hydroxylation sites is 2. The number of nitrogens with one attached hydrogen (secondary N) is 1. The van der Waals surface area contributed by atoms with Gasteiger partial charge in [-0.2, -0.15) is 5.26 Å². The van der Waals surface area contributed by atoms with Crippen molar-refractivity contribution in [1.82, 2.24) is 9.38 Å². The molecule has 0 radical (unpaired) electrons. The minimum absolute atomic E-state index is 0.287. The normalized spacial score (nSPS) is 11.1. The molecule has 0 bridgehead atoms. The average Bonchev–Trinajstić information content (AvgIpc) is 3.18. The highest BCUT2D eigenvalue weighted by molar-refractivity contribution is 5.87. The standard InChI is InChI=1S/C27H21FN4/c1-17-7-3-4-8-19(17)15-22-18(2)23(16-29)27-31-24-9-5-6-10-25(24)32(27)26(22)30-21-13-11-20(28)12-14-21/h3-14,30H,15H2,1-2H3. The molecular formula is C27H21FN4. The molecule has 1 N–H and O–H groups in total. The zero-order chi connectivity index (χ0) is 22.2. The largest absolute Gasteiger partial charge is 0.341 e. The van der Waals surface area contributed by atoms with Crippen LogP contribution in [0.2, 0.25) is 0 Å². The molecule has 0 aliphatic heterocycles. The second-order valence-corrected chi connectivity index (χ2v) is 7.93. The number of rotatable bonds is 4. The van der Waals surface area contributed by atoms with Gasteiger partial charge in [-0.1, -0.05) is 36.4 Å². The third-order valence-corrected chi connectivity index (χ3v) is 5.97. The predicted molar refractivity (Wildman–Crippen MR) is 126 cm³/mol. The van der Waals surface area contributed by atoms with E-state index in [2.05, 4.69) is 30.4 Å². The zero-order valence-electron chi connectivity index (χ0n) is 17.9. The van der Waals surface area contributed by atoms with E-state index in [1.165, 1.54) is 23.3 Å². The molecule has 0 spiro atoms. The fraction of sp³-hybridized carbons (Fsp3) is 0.111. The summed E-state index contributed by atoms with van der Waals surface area (Å²) in [5.74, 6) is 0.546. The van der Waals surface area contributed by atoms with E-state index >= 15 is 0 Å². The van der Waals surface area contributed by atoms with Gasteiger partial charge >= 0.3 is 0 Å². The highest BCUT2D eigenvalue weighted by Crippen LogP contribution is 2.34. The van der Waals surface area contributed by atoms with Crippen LogP contribution in [0.15, 0.2) is 72.8 Å². The van der Waals surface area contributed by atoms with Crippen molar-refractivity contribution in [2.45, 2.75) is 20.3 Å². The number of anilines is 2. The second kappa shape index (κ2) is 7.82. The van der Waals surface area contributed by atoms with E-state index in [1.54, 1.807) is 12.1 Å². The Morgan fingerprint density at radius 3 is 2.44 bits per heavy atom. The van der Waals surface area contributed by atoms with Gasteiger partial charge in [-0.3, -0.25) is 4.40 Å². The first-order valence-corrected chi connectivity index (χ1v) is 10.5. The van der Waals surface area contributed by atoms with Crippen LogP contribution in [0.3, 0.4) is 0 Å². The third kappa shape index (κ3) is 3.27. The minimum Gasteiger partial charge on any atom is -0.341 e. The highest BCUT2D eigenvalue weighted by atomic mass is 19.1. The van der Waals surface area contributed by atoms with E-state index in [9.17, 15) is 9.65 Å². The van der Waals surface area contributed by atoms with Crippen molar-refractivity contribution in [3.8, 4) is 6.07 Å². The summed E-state index contributed by atoms with van der Waals surface area (Å²) in [4.78, 5) is 4.77. The van der Waals surface area contributed by atoms with Crippen molar-refractivity contribution in [2.24, 2.45) is 0 Å². The maximum atomic E-state index is 13.5. The topological polar surface area (TPSA) is 53.1 Å². The van der Waals surface area contributed by atoms with Gasteiger partial charge in [0.25, 0.3) is 0 Å². The zero-order valence-corrected chi connectivity index (χ0v) is 17.9. The molecular weight excluding hydrogens is 399 g/mol. The number of nitrogens with zero attached hydrogens (tertiary/aromatic N) is 3. The maximum absolute atomic E-state index is 13.5. The van der Waals surface area contributed by atoms with Gasteiger partial charge in [-0.05, 0) is 66.9 Å². The van der Waals surface area contributed by atoms with E-state index in [-0.39, 0.29) is 5.82 Å². The van der Waals surface area contributed by atoms with Crippen LogP contribution in [-0.2, 0) is 6.42 Å². The molecule has 0 aliphatic rings. The maximum Gasteiger partial charge on any atom is 0.157 e. The summed E-state index contributed by atoms with van der Waals surface area (Å²) >= 11 is 0. The Kier molecular flexibility index (Phi) is 4.84. The molecule has 0 saturated heterocycles.